The predicted molar refractivity (Wildman–Crippen MR) is 80.8 cm³/mol. The van der Waals surface area contributed by atoms with Crippen LogP contribution in [0.5, 0.6) is 0 Å². The van der Waals surface area contributed by atoms with Crippen LogP contribution in [0.1, 0.15) is 19.3 Å². The van der Waals surface area contributed by atoms with E-state index in [2.05, 4.69) is 15.1 Å². The maximum Gasteiger partial charge on any atom is 0.221 e. The van der Waals surface area contributed by atoms with Crippen molar-refractivity contribution in [2.24, 2.45) is 0 Å². The molecule has 22 heavy (non-hydrogen) atoms. The van der Waals surface area contributed by atoms with E-state index >= 15 is 0 Å². The van der Waals surface area contributed by atoms with E-state index in [0.29, 0.717) is 19.0 Å². The Hall–Kier alpha value is -1.69. The van der Waals surface area contributed by atoms with E-state index in [9.17, 15) is 13.6 Å². The smallest absolute Gasteiger partial charge is 0.221 e. The van der Waals surface area contributed by atoms with Gasteiger partial charge in [0.15, 0.2) is 11.6 Å². The van der Waals surface area contributed by atoms with E-state index in [-0.39, 0.29) is 5.91 Å². The lowest BCUT2D eigenvalue weighted by Crippen LogP contribution is -2.46. The van der Waals surface area contributed by atoms with Gasteiger partial charge < -0.3 is 10.2 Å². The van der Waals surface area contributed by atoms with Gasteiger partial charge in [0.2, 0.25) is 5.91 Å². The van der Waals surface area contributed by atoms with Gasteiger partial charge >= 0.3 is 0 Å². The van der Waals surface area contributed by atoms with Crippen molar-refractivity contribution in [3.63, 3.8) is 0 Å². The van der Waals surface area contributed by atoms with Gasteiger partial charge in [-0.3, -0.25) is 9.69 Å². The van der Waals surface area contributed by atoms with Crippen molar-refractivity contribution in [1.82, 2.24) is 10.2 Å². The van der Waals surface area contributed by atoms with Crippen molar-refractivity contribution in [1.29, 1.82) is 0 Å². The molecule has 120 valence electrons. The largest absolute Gasteiger partial charge is 0.371 e. The van der Waals surface area contributed by atoms with Gasteiger partial charge in [0.05, 0.1) is 0 Å². The zero-order chi connectivity index (χ0) is 15.5. The van der Waals surface area contributed by atoms with E-state index in [4.69, 9.17) is 0 Å². The van der Waals surface area contributed by atoms with Gasteiger partial charge in [-0.05, 0) is 25.0 Å². The number of amides is 1. The number of nitrogens with zero attached hydrogens (tertiary/aromatic N) is 2. The summed E-state index contributed by atoms with van der Waals surface area (Å²) in [6.45, 7) is 4.06. The van der Waals surface area contributed by atoms with Gasteiger partial charge in [-0.25, -0.2) is 8.78 Å². The van der Waals surface area contributed by atoms with Crippen LogP contribution in [0.3, 0.4) is 0 Å². The van der Waals surface area contributed by atoms with Crippen LogP contribution in [0, 0.1) is 11.6 Å². The molecule has 3 rings (SSSR count). The lowest BCUT2D eigenvalue weighted by Gasteiger charge is -2.39. The molecule has 0 radical (unpaired) electrons. The maximum absolute atomic E-state index is 13.3. The minimum absolute atomic E-state index is 0.127. The number of carbonyl (C=O) groups is 1. The SMILES string of the molecule is O=C1CCN(C2CCN(c3ccc(F)c(F)c3)CC2)CCN1. The molecule has 0 spiro atoms. The van der Waals surface area contributed by atoms with Crippen molar-refractivity contribution in [2.45, 2.75) is 25.3 Å². The Morgan fingerprint density at radius 3 is 2.55 bits per heavy atom. The lowest BCUT2D eigenvalue weighted by atomic mass is 10.0. The van der Waals surface area contributed by atoms with Crippen LogP contribution in [0.15, 0.2) is 18.2 Å². The number of halogens is 2. The van der Waals surface area contributed by atoms with Crippen molar-refractivity contribution in [3.8, 4) is 0 Å². The molecule has 6 heteroatoms. The highest BCUT2D eigenvalue weighted by atomic mass is 19.2. The van der Waals surface area contributed by atoms with Crippen molar-refractivity contribution < 1.29 is 13.6 Å². The molecule has 0 saturated carbocycles. The summed E-state index contributed by atoms with van der Waals surface area (Å²) >= 11 is 0. The molecular weight excluding hydrogens is 288 g/mol. The van der Waals surface area contributed by atoms with Gasteiger partial charge in [-0.15, -0.1) is 0 Å². The van der Waals surface area contributed by atoms with E-state index in [1.54, 1.807) is 6.07 Å². The fourth-order valence-corrected chi connectivity index (χ4v) is 3.32. The molecule has 2 fully saturated rings. The minimum Gasteiger partial charge on any atom is -0.371 e. The first-order valence-electron chi connectivity index (χ1n) is 7.84. The van der Waals surface area contributed by atoms with Crippen LogP contribution in [0.4, 0.5) is 14.5 Å². The molecule has 0 aliphatic carbocycles. The molecule has 2 heterocycles. The van der Waals surface area contributed by atoms with Crippen LogP contribution >= 0.6 is 0 Å². The van der Waals surface area contributed by atoms with E-state index in [1.165, 1.54) is 12.1 Å². The Balaban J connectivity index is 1.57. The monoisotopic (exact) mass is 309 g/mol. The summed E-state index contributed by atoms with van der Waals surface area (Å²) in [5, 5.41) is 2.89. The number of rotatable bonds is 2. The third-order valence-corrected chi connectivity index (χ3v) is 4.60. The van der Waals surface area contributed by atoms with Gasteiger partial charge in [0.25, 0.3) is 0 Å². The third-order valence-electron chi connectivity index (χ3n) is 4.60. The predicted octanol–water partition coefficient (Wildman–Crippen LogP) is 1.76. The first-order chi connectivity index (χ1) is 10.6. The fraction of sp³-hybridized carbons (Fsp3) is 0.562. The molecule has 1 aromatic carbocycles. The molecule has 0 bridgehead atoms. The highest BCUT2D eigenvalue weighted by molar-refractivity contribution is 5.76. The Bertz CT molecular complexity index is 544. The van der Waals surface area contributed by atoms with Crippen LogP contribution in [-0.2, 0) is 4.79 Å². The number of piperidine rings is 1. The van der Waals surface area contributed by atoms with E-state index in [1.807, 2.05) is 0 Å². The first-order valence-corrected chi connectivity index (χ1v) is 7.84. The second-order valence-corrected chi connectivity index (χ2v) is 5.95. The average molecular weight is 309 g/mol. The molecule has 4 nitrogen and oxygen atoms in total. The standard InChI is InChI=1S/C16H21F2N3O/c17-14-2-1-13(11-15(14)18)20-7-3-12(4-8-20)21-9-5-16(22)19-6-10-21/h1-2,11-12H,3-10H2,(H,19,22). The van der Waals surface area contributed by atoms with Crippen LogP contribution in [0.2, 0.25) is 0 Å². The molecule has 0 unspecified atom stereocenters. The molecule has 0 aromatic heterocycles. The average Bonchev–Trinajstić information content (AvgIpc) is 2.75. The zero-order valence-corrected chi connectivity index (χ0v) is 12.5. The van der Waals surface area contributed by atoms with Crippen molar-refractivity contribution in [3.05, 3.63) is 29.8 Å². The highest BCUT2D eigenvalue weighted by Crippen LogP contribution is 2.24. The van der Waals surface area contributed by atoms with E-state index in [0.717, 1.165) is 44.7 Å². The summed E-state index contributed by atoms with van der Waals surface area (Å²) in [4.78, 5) is 15.9. The lowest BCUT2D eigenvalue weighted by molar-refractivity contribution is -0.120. The topological polar surface area (TPSA) is 35.6 Å². The Labute approximate surface area is 129 Å². The van der Waals surface area contributed by atoms with E-state index < -0.39 is 11.6 Å². The number of anilines is 1. The van der Waals surface area contributed by atoms with Crippen LogP contribution in [0.25, 0.3) is 0 Å². The third kappa shape index (κ3) is 3.38. The van der Waals surface area contributed by atoms with Crippen LogP contribution in [-0.4, -0.2) is 49.6 Å². The molecule has 1 aromatic rings. The Kier molecular flexibility index (Phi) is 4.57. The fourth-order valence-electron chi connectivity index (χ4n) is 3.32. The second kappa shape index (κ2) is 6.60. The summed E-state index contributed by atoms with van der Waals surface area (Å²) in [7, 11) is 0. The number of benzene rings is 1. The molecule has 1 N–H and O–H groups in total. The summed E-state index contributed by atoms with van der Waals surface area (Å²) < 4.78 is 26.3. The maximum atomic E-state index is 13.3. The molecular formula is C16H21F2N3O. The highest BCUT2D eigenvalue weighted by Gasteiger charge is 2.26. The number of hydrogen-bond acceptors (Lipinski definition) is 3. The van der Waals surface area contributed by atoms with Gasteiger partial charge in [-0.2, -0.15) is 0 Å². The molecule has 0 atom stereocenters. The summed E-state index contributed by atoms with van der Waals surface area (Å²) in [5.74, 6) is -1.47. The normalized spacial score (nSPS) is 21.5. The van der Waals surface area contributed by atoms with Gasteiger partial charge in [0.1, 0.15) is 0 Å². The number of nitrogens with one attached hydrogen (secondary N) is 1. The quantitative estimate of drug-likeness (QED) is 0.904. The summed E-state index contributed by atoms with van der Waals surface area (Å²) in [6, 6.07) is 4.55. The second-order valence-electron chi connectivity index (χ2n) is 5.95. The summed E-state index contributed by atoms with van der Waals surface area (Å²) in [6.07, 6.45) is 2.52. The first kappa shape index (κ1) is 15.2. The molecule has 2 aliphatic rings. The Morgan fingerprint density at radius 2 is 1.82 bits per heavy atom. The van der Waals surface area contributed by atoms with Crippen molar-refractivity contribution >= 4 is 11.6 Å². The molecule has 1 amide bonds. The molecule has 2 aliphatic heterocycles. The summed E-state index contributed by atoms with van der Waals surface area (Å²) in [5.41, 5.74) is 0.741. The molecule has 2 saturated heterocycles. The number of carbonyl (C=O) groups excluding carboxylic acids is 1. The Morgan fingerprint density at radius 1 is 1.05 bits per heavy atom. The van der Waals surface area contributed by atoms with Gasteiger partial charge in [-0.1, -0.05) is 0 Å². The van der Waals surface area contributed by atoms with Gasteiger partial charge in [0, 0.05) is 56.9 Å². The van der Waals surface area contributed by atoms with Crippen molar-refractivity contribution in [2.75, 3.05) is 37.6 Å². The van der Waals surface area contributed by atoms with Crippen LogP contribution < -0.4 is 10.2 Å². The minimum atomic E-state index is -0.805. The number of hydrogen-bond donors (Lipinski definition) is 1. The zero-order valence-electron chi connectivity index (χ0n) is 12.5.